The first-order valence-corrected chi connectivity index (χ1v) is 6.83. The van der Waals surface area contributed by atoms with E-state index in [2.05, 4.69) is 11.7 Å². The highest BCUT2D eigenvalue weighted by atomic mass is 35.5. The Hall–Kier alpha value is -0.970. The Morgan fingerprint density at radius 3 is 2.40 bits per heavy atom. The molecule has 0 bridgehead atoms. The summed E-state index contributed by atoms with van der Waals surface area (Å²) >= 11 is 17.4. The van der Waals surface area contributed by atoms with E-state index in [9.17, 15) is 9.59 Å². The van der Waals surface area contributed by atoms with Gasteiger partial charge in [0.1, 0.15) is 5.75 Å². The van der Waals surface area contributed by atoms with E-state index in [4.69, 9.17) is 39.5 Å². The number of carbonyl (C=O) groups excluding carboxylic acids is 2. The molecule has 1 rings (SSSR count). The van der Waals surface area contributed by atoms with Crippen LogP contribution in [0.15, 0.2) is 12.1 Å². The van der Waals surface area contributed by atoms with Gasteiger partial charge in [-0.25, -0.2) is 4.79 Å². The summed E-state index contributed by atoms with van der Waals surface area (Å²) in [6, 6.07) is 2.76. The van der Waals surface area contributed by atoms with Crippen LogP contribution in [-0.2, 0) is 14.3 Å². The Kier molecular flexibility index (Phi) is 6.59. The maximum absolute atomic E-state index is 11.4. The van der Waals surface area contributed by atoms with Crippen LogP contribution in [-0.4, -0.2) is 18.5 Å². The fraction of sp³-hybridized carbons (Fsp3) is 0.308. The van der Waals surface area contributed by atoms with Crippen LogP contribution < -0.4 is 4.74 Å². The second-order valence-electron chi connectivity index (χ2n) is 3.88. The van der Waals surface area contributed by atoms with Gasteiger partial charge < -0.3 is 9.47 Å². The van der Waals surface area contributed by atoms with Gasteiger partial charge >= 0.3 is 11.9 Å². The van der Waals surface area contributed by atoms with Gasteiger partial charge in [0.05, 0.1) is 21.0 Å². The van der Waals surface area contributed by atoms with Gasteiger partial charge in [-0.3, -0.25) is 4.79 Å². The lowest BCUT2D eigenvalue weighted by Gasteiger charge is -2.10. The maximum Gasteiger partial charge on any atom is 0.351 e. The summed E-state index contributed by atoms with van der Waals surface area (Å²) in [4.78, 5) is 22.7. The molecule has 20 heavy (non-hydrogen) atoms. The molecular formula is C13H12Cl3O4. The van der Waals surface area contributed by atoms with Crippen LogP contribution in [0.1, 0.15) is 13.3 Å². The first-order valence-electron chi connectivity index (χ1n) is 5.70. The largest absolute Gasteiger partial charge is 0.480 e. The van der Waals surface area contributed by atoms with E-state index < -0.39 is 24.5 Å². The number of rotatable bonds is 5. The molecule has 0 N–H and O–H groups in total. The van der Waals surface area contributed by atoms with Gasteiger partial charge in [0.15, 0.2) is 6.61 Å². The highest BCUT2D eigenvalue weighted by Gasteiger charge is 2.17. The standard InChI is InChI=1S/C13H12Cl3O4/c1-3-7(2)13(18)20-12(17)6-19-11-5-9(15)8(14)4-10(11)16/h4-5,7H,2-3,6H2,1H3. The van der Waals surface area contributed by atoms with E-state index >= 15 is 0 Å². The summed E-state index contributed by atoms with van der Waals surface area (Å²) in [5.74, 6) is -1.94. The first-order chi connectivity index (χ1) is 9.35. The summed E-state index contributed by atoms with van der Waals surface area (Å²) < 4.78 is 9.68. The van der Waals surface area contributed by atoms with Crippen molar-refractivity contribution >= 4 is 46.7 Å². The Morgan fingerprint density at radius 1 is 1.20 bits per heavy atom. The Morgan fingerprint density at radius 2 is 1.80 bits per heavy atom. The number of benzene rings is 1. The van der Waals surface area contributed by atoms with E-state index in [0.29, 0.717) is 6.42 Å². The van der Waals surface area contributed by atoms with Crippen LogP contribution in [0.25, 0.3) is 0 Å². The Labute approximate surface area is 131 Å². The van der Waals surface area contributed by atoms with E-state index in [-0.39, 0.29) is 20.8 Å². The third kappa shape index (κ3) is 4.85. The maximum atomic E-state index is 11.4. The minimum atomic E-state index is -0.834. The zero-order chi connectivity index (χ0) is 15.3. The molecule has 4 nitrogen and oxygen atoms in total. The SMILES string of the molecule is [CH2]C(CC)C(=O)OC(=O)COc1cc(Cl)c(Cl)cc1Cl. The molecule has 0 fully saturated rings. The Bertz CT molecular complexity index is 517. The zero-order valence-electron chi connectivity index (χ0n) is 10.6. The third-order valence-corrected chi connectivity index (χ3v) is 3.38. The van der Waals surface area contributed by atoms with Gasteiger partial charge in [-0.05, 0) is 19.4 Å². The number of halogens is 3. The predicted octanol–water partition coefficient (Wildman–Crippen LogP) is 3.96. The van der Waals surface area contributed by atoms with Crippen LogP contribution >= 0.6 is 34.8 Å². The van der Waals surface area contributed by atoms with E-state index in [1.54, 1.807) is 6.92 Å². The van der Waals surface area contributed by atoms with E-state index in [0.717, 1.165) is 0 Å². The van der Waals surface area contributed by atoms with Crippen molar-refractivity contribution in [3.8, 4) is 5.75 Å². The van der Waals surface area contributed by atoms with Gasteiger partial charge in [0, 0.05) is 6.07 Å². The fourth-order valence-corrected chi connectivity index (χ4v) is 1.73. The molecule has 0 saturated carbocycles. The molecule has 0 spiro atoms. The minimum absolute atomic E-state index is 0.173. The molecule has 1 unspecified atom stereocenters. The molecule has 1 aromatic rings. The second kappa shape index (κ2) is 7.72. The lowest BCUT2D eigenvalue weighted by atomic mass is 10.1. The lowest BCUT2D eigenvalue weighted by Crippen LogP contribution is -2.23. The number of carbonyl (C=O) groups is 2. The number of hydrogen-bond donors (Lipinski definition) is 0. The number of ether oxygens (including phenoxy) is 2. The molecular weight excluding hydrogens is 326 g/mol. The van der Waals surface area contributed by atoms with Gasteiger partial charge in [-0.1, -0.05) is 41.7 Å². The van der Waals surface area contributed by atoms with Crippen LogP contribution in [0.3, 0.4) is 0 Å². The van der Waals surface area contributed by atoms with Crippen molar-refractivity contribution in [2.45, 2.75) is 13.3 Å². The van der Waals surface area contributed by atoms with Crippen LogP contribution in [0.4, 0.5) is 0 Å². The summed E-state index contributed by atoms with van der Waals surface area (Å²) in [5.41, 5.74) is 0. The normalized spacial score (nSPS) is 11.8. The third-order valence-electron chi connectivity index (χ3n) is 2.36. The van der Waals surface area contributed by atoms with Crippen molar-refractivity contribution in [2.75, 3.05) is 6.61 Å². The molecule has 1 atom stereocenters. The molecule has 0 aliphatic carbocycles. The highest BCUT2D eigenvalue weighted by Crippen LogP contribution is 2.33. The molecule has 109 valence electrons. The van der Waals surface area contributed by atoms with Gasteiger partial charge in [-0.2, -0.15) is 0 Å². The minimum Gasteiger partial charge on any atom is -0.480 e. The van der Waals surface area contributed by atoms with Crippen molar-refractivity contribution in [1.82, 2.24) is 0 Å². The van der Waals surface area contributed by atoms with E-state index in [1.807, 2.05) is 0 Å². The molecule has 0 saturated heterocycles. The number of esters is 2. The summed E-state index contributed by atoms with van der Waals surface area (Å²) in [6.45, 7) is 4.83. The fourth-order valence-electron chi connectivity index (χ4n) is 1.14. The van der Waals surface area contributed by atoms with Crippen LogP contribution in [0.5, 0.6) is 5.75 Å². The van der Waals surface area contributed by atoms with Gasteiger partial charge in [-0.15, -0.1) is 0 Å². The van der Waals surface area contributed by atoms with Crippen LogP contribution in [0, 0.1) is 12.8 Å². The number of hydrogen-bond acceptors (Lipinski definition) is 4. The molecule has 1 radical (unpaired) electrons. The van der Waals surface area contributed by atoms with Crippen molar-refractivity contribution in [1.29, 1.82) is 0 Å². The molecule has 0 aromatic heterocycles. The topological polar surface area (TPSA) is 52.6 Å². The average Bonchev–Trinajstić information content (AvgIpc) is 2.40. The predicted molar refractivity (Wildman–Crippen MR) is 77.2 cm³/mol. The smallest absolute Gasteiger partial charge is 0.351 e. The average molecular weight is 339 g/mol. The summed E-state index contributed by atoms with van der Waals surface area (Å²) in [7, 11) is 0. The van der Waals surface area contributed by atoms with Crippen molar-refractivity contribution in [2.24, 2.45) is 5.92 Å². The molecule has 1 aromatic carbocycles. The Balaban J connectivity index is 2.57. The summed E-state index contributed by atoms with van der Waals surface area (Å²) in [5, 5.41) is 0.700. The molecule has 0 aliphatic rings. The molecule has 7 heteroatoms. The molecule has 0 aliphatic heterocycles. The van der Waals surface area contributed by atoms with Gasteiger partial charge in [0.2, 0.25) is 0 Å². The summed E-state index contributed by atoms with van der Waals surface area (Å²) in [6.07, 6.45) is 0.478. The van der Waals surface area contributed by atoms with Gasteiger partial charge in [0.25, 0.3) is 0 Å². The van der Waals surface area contributed by atoms with E-state index in [1.165, 1.54) is 12.1 Å². The van der Waals surface area contributed by atoms with Crippen molar-refractivity contribution in [3.63, 3.8) is 0 Å². The lowest BCUT2D eigenvalue weighted by molar-refractivity contribution is -0.163. The quantitative estimate of drug-likeness (QED) is 0.463. The monoisotopic (exact) mass is 337 g/mol. The molecule has 0 amide bonds. The van der Waals surface area contributed by atoms with Crippen molar-refractivity contribution in [3.05, 3.63) is 34.1 Å². The zero-order valence-corrected chi connectivity index (χ0v) is 12.9. The van der Waals surface area contributed by atoms with Crippen molar-refractivity contribution < 1.29 is 19.1 Å². The second-order valence-corrected chi connectivity index (χ2v) is 5.11. The van der Waals surface area contributed by atoms with Crippen LogP contribution in [0.2, 0.25) is 15.1 Å². The first kappa shape index (κ1) is 17.1. The molecule has 0 heterocycles. The highest BCUT2D eigenvalue weighted by molar-refractivity contribution is 6.43.